The molecule has 0 atom stereocenters. The maximum absolute atomic E-state index is 5.95. The molecule has 0 fully saturated rings. The Kier molecular flexibility index (Phi) is 2.90. The molecular formula is C12H12ClN. The second kappa shape index (κ2) is 4.34. The van der Waals surface area contributed by atoms with E-state index in [0.29, 0.717) is 0 Å². The van der Waals surface area contributed by atoms with E-state index in [1.165, 1.54) is 5.56 Å². The summed E-state index contributed by atoms with van der Waals surface area (Å²) in [7, 11) is 0. The highest BCUT2D eigenvalue weighted by molar-refractivity contribution is 6.30. The van der Waals surface area contributed by atoms with Gasteiger partial charge in [0.05, 0.1) is 6.54 Å². The maximum Gasteiger partial charge on any atom is 0.0534 e. The zero-order chi connectivity index (χ0) is 9.80. The first-order valence-corrected chi connectivity index (χ1v) is 5.03. The third-order valence-electron chi connectivity index (χ3n) is 2.16. The Morgan fingerprint density at radius 3 is 2.71 bits per heavy atom. The third-order valence-corrected chi connectivity index (χ3v) is 2.40. The van der Waals surface area contributed by atoms with Crippen molar-refractivity contribution >= 4 is 11.6 Å². The number of hydrogen-bond acceptors (Lipinski definition) is 1. The van der Waals surface area contributed by atoms with Crippen molar-refractivity contribution in [3.63, 3.8) is 0 Å². The summed E-state index contributed by atoms with van der Waals surface area (Å²) in [6.07, 6.45) is 5.98. The Morgan fingerprint density at radius 2 is 2.00 bits per heavy atom. The Bertz CT molecular complexity index is 354. The van der Waals surface area contributed by atoms with Crippen molar-refractivity contribution in [2.75, 3.05) is 6.54 Å². The molecule has 1 nitrogen and oxygen atoms in total. The van der Waals surface area contributed by atoms with E-state index in [1.807, 2.05) is 18.2 Å². The molecular weight excluding hydrogens is 194 g/mol. The first kappa shape index (κ1) is 9.35. The molecule has 2 rings (SSSR count). The molecule has 1 aromatic rings. The average Bonchev–Trinajstić information content (AvgIpc) is 2.19. The van der Waals surface area contributed by atoms with Crippen LogP contribution in [-0.4, -0.2) is 11.4 Å². The number of rotatable bonds is 2. The molecule has 0 spiro atoms. The van der Waals surface area contributed by atoms with Gasteiger partial charge in [-0.05, 0) is 23.9 Å². The van der Waals surface area contributed by atoms with Crippen molar-refractivity contribution in [3.8, 4) is 0 Å². The van der Waals surface area contributed by atoms with Crippen LogP contribution in [0.4, 0.5) is 0 Å². The molecule has 0 saturated heterocycles. The average molecular weight is 206 g/mol. The van der Waals surface area contributed by atoms with Crippen LogP contribution in [0.1, 0.15) is 5.56 Å². The molecule has 1 aliphatic rings. The fourth-order valence-corrected chi connectivity index (χ4v) is 1.72. The van der Waals surface area contributed by atoms with Gasteiger partial charge in [0, 0.05) is 11.6 Å². The standard InChI is InChI=1S/C12H12ClN/c13-12-7-4-8-14(10-12)9-11-5-2-1-3-6-11/h1-8H,9-10H2. The van der Waals surface area contributed by atoms with Crippen LogP contribution in [0.15, 0.2) is 53.7 Å². The minimum absolute atomic E-state index is 0.812. The molecule has 1 aromatic carbocycles. The number of nitrogens with zero attached hydrogens (tertiary/aromatic N) is 1. The fourth-order valence-electron chi connectivity index (χ4n) is 1.50. The Labute approximate surface area is 89.3 Å². The van der Waals surface area contributed by atoms with E-state index in [2.05, 4.69) is 35.4 Å². The third kappa shape index (κ3) is 2.39. The highest BCUT2D eigenvalue weighted by atomic mass is 35.5. The van der Waals surface area contributed by atoms with Crippen LogP contribution in [0.25, 0.3) is 0 Å². The van der Waals surface area contributed by atoms with Gasteiger partial charge in [0.1, 0.15) is 0 Å². The zero-order valence-electron chi connectivity index (χ0n) is 7.86. The van der Waals surface area contributed by atoms with Gasteiger partial charge in [0.15, 0.2) is 0 Å². The normalized spacial score (nSPS) is 15.5. The highest BCUT2D eigenvalue weighted by Gasteiger charge is 2.05. The molecule has 2 heteroatoms. The second-order valence-electron chi connectivity index (χ2n) is 3.35. The van der Waals surface area contributed by atoms with E-state index in [1.54, 1.807) is 0 Å². The molecule has 72 valence electrons. The number of hydrogen-bond donors (Lipinski definition) is 0. The minimum Gasteiger partial charge on any atom is -0.368 e. The molecule has 0 aromatic heterocycles. The van der Waals surface area contributed by atoms with Gasteiger partial charge in [-0.25, -0.2) is 0 Å². The number of allylic oxidation sites excluding steroid dienone is 2. The van der Waals surface area contributed by atoms with Gasteiger partial charge < -0.3 is 4.90 Å². The van der Waals surface area contributed by atoms with Crippen molar-refractivity contribution in [1.82, 2.24) is 4.90 Å². The first-order valence-electron chi connectivity index (χ1n) is 4.65. The Balaban J connectivity index is 2.00. The lowest BCUT2D eigenvalue weighted by molar-refractivity contribution is 0.402. The molecule has 0 unspecified atom stereocenters. The summed E-state index contributed by atoms with van der Waals surface area (Å²) in [6, 6.07) is 10.4. The largest absolute Gasteiger partial charge is 0.368 e. The van der Waals surface area contributed by atoms with E-state index < -0.39 is 0 Å². The predicted molar refractivity (Wildman–Crippen MR) is 59.9 cm³/mol. The fraction of sp³-hybridized carbons (Fsp3) is 0.167. The van der Waals surface area contributed by atoms with E-state index in [-0.39, 0.29) is 0 Å². The lowest BCUT2D eigenvalue weighted by Crippen LogP contribution is -2.19. The Morgan fingerprint density at radius 1 is 1.21 bits per heavy atom. The summed E-state index contributed by atoms with van der Waals surface area (Å²) in [5.41, 5.74) is 1.31. The predicted octanol–water partition coefficient (Wildman–Crippen LogP) is 3.14. The molecule has 0 amide bonds. The molecule has 1 aliphatic heterocycles. The molecule has 0 radical (unpaired) electrons. The van der Waals surface area contributed by atoms with Gasteiger partial charge in [-0.1, -0.05) is 41.9 Å². The van der Waals surface area contributed by atoms with Gasteiger partial charge in [-0.2, -0.15) is 0 Å². The maximum atomic E-state index is 5.95. The van der Waals surface area contributed by atoms with E-state index >= 15 is 0 Å². The van der Waals surface area contributed by atoms with Gasteiger partial charge in [-0.15, -0.1) is 0 Å². The van der Waals surface area contributed by atoms with Crippen molar-refractivity contribution in [1.29, 1.82) is 0 Å². The summed E-state index contributed by atoms with van der Waals surface area (Å²) in [5, 5.41) is 0.892. The van der Waals surface area contributed by atoms with Gasteiger partial charge >= 0.3 is 0 Å². The van der Waals surface area contributed by atoms with Crippen LogP contribution in [0.2, 0.25) is 0 Å². The summed E-state index contributed by atoms with van der Waals surface area (Å²) in [5.74, 6) is 0. The van der Waals surface area contributed by atoms with Gasteiger partial charge in [-0.3, -0.25) is 0 Å². The summed E-state index contributed by atoms with van der Waals surface area (Å²) >= 11 is 5.95. The van der Waals surface area contributed by atoms with Crippen molar-refractivity contribution < 1.29 is 0 Å². The van der Waals surface area contributed by atoms with Crippen LogP contribution in [-0.2, 0) is 6.54 Å². The smallest absolute Gasteiger partial charge is 0.0534 e. The molecule has 14 heavy (non-hydrogen) atoms. The molecule has 0 bridgehead atoms. The Hall–Kier alpha value is -1.21. The lowest BCUT2D eigenvalue weighted by Gasteiger charge is -2.22. The topological polar surface area (TPSA) is 3.24 Å². The quantitative estimate of drug-likeness (QED) is 0.717. The van der Waals surface area contributed by atoms with Crippen LogP contribution >= 0.6 is 11.6 Å². The van der Waals surface area contributed by atoms with Gasteiger partial charge in [0.25, 0.3) is 0 Å². The molecule has 0 saturated carbocycles. The van der Waals surface area contributed by atoms with Crippen molar-refractivity contribution in [2.24, 2.45) is 0 Å². The zero-order valence-corrected chi connectivity index (χ0v) is 8.61. The van der Waals surface area contributed by atoms with Crippen LogP contribution < -0.4 is 0 Å². The van der Waals surface area contributed by atoms with Crippen molar-refractivity contribution in [3.05, 3.63) is 59.3 Å². The first-order chi connectivity index (χ1) is 6.84. The summed E-state index contributed by atoms with van der Waals surface area (Å²) in [4.78, 5) is 2.19. The van der Waals surface area contributed by atoms with Crippen LogP contribution in [0, 0.1) is 0 Å². The van der Waals surface area contributed by atoms with Crippen LogP contribution in [0.3, 0.4) is 0 Å². The number of benzene rings is 1. The summed E-state index contributed by atoms with van der Waals surface area (Å²) in [6.45, 7) is 1.73. The lowest BCUT2D eigenvalue weighted by atomic mass is 10.2. The minimum atomic E-state index is 0.812. The highest BCUT2D eigenvalue weighted by Crippen LogP contribution is 2.13. The SMILES string of the molecule is ClC1=CC=CN(Cc2ccccc2)C1. The second-order valence-corrected chi connectivity index (χ2v) is 3.83. The van der Waals surface area contributed by atoms with E-state index in [9.17, 15) is 0 Å². The molecule has 0 N–H and O–H groups in total. The van der Waals surface area contributed by atoms with E-state index in [4.69, 9.17) is 11.6 Å². The monoisotopic (exact) mass is 205 g/mol. The molecule has 1 heterocycles. The summed E-state index contributed by atoms with van der Waals surface area (Å²) < 4.78 is 0. The van der Waals surface area contributed by atoms with Gasteiger partial charge in [0.2, 0.25) is 0 Å². The van der Waals surface area contributed by atoms with Crippen LogP contribution in [0.5, 0.6) is 0 Å². The molecule has 0 aliphatic carbocycles. The number of halogens is 1. The van der Waals surface area contributed by atoms with Crippen molar-refractivity contribution in [2.45, 2.75) is 6.54 Å². The van der Waals surface area contributed by atoms with E-state index in [0.717, 1.165) is 18.1 Å².